The molecule has 45 heavy (non-hydrogen) atoms. The summed E-state index contributed by atoms with van der Waals surface area (Å²) in [5, 5.41) is 9.34. The molecule has 0 radical (unpaired) electrons. The number of benzene rings is 3. The molecule has 0 aliphatic rings. The fourth-order valence-electron chi connectivity index (χ4n) is 4.72. The van der Waals surface area contributed by atoms with Crippen molar-refractivity contribution in [1.82, 2.24) is 24.6 Å². The summed E-state index contributed by atoms with van der Waals surface area (Å²) < 4.78 is 44.7. The van der Waals surface area contributed by atoms with Gasteiger partial charge in [-0.25, -0.2) is 14.5 Å². The zero-order valence-corrected chi connectivity index (χ0v) is 26.1. The molecule has 12 heteroatoms. The fourth-order valence-corrected chi connectivity index (χ4v) is 5.58. The Kier molecular flexibility index (Phi) is 9.05. The normalized spacial score (nSPS) is 12.8. The highest BCUT2D eigenvalue weighted by molar-refractivity contribution is 7.07. The van der Waals surface area contributed by atoms with E-state index in [4.69, 9.17) is 0 Å². The number of aromatic nitrogens is 4. The van der Waals surface area contributed by atoms with E-state index >= 15 is 0 Å². The molecule has 0 saturated heterocycles. The molecule has 232 valence electrons. The molecule has 0 atom stereocenters. The summed E-state index contributed by atoms with van der Waals surface area (Å²) in [6.45, 7) is 10.0. The van der Waals surface area contributed by atoms with Crippen molar-refractivity contribution in [2.24, 2.45) is 4.99 Å². The van der Waals surface area contributed by atoms with Crippen molar-refractivity contribution in [2.45, 2.75) is 46.9 Å². The Labute approximate surface area is 262 Å². The Morgan fingerprint density at radius 2 is 1.69 bits per heavy atom. The number of para-hydroxylation sites is 1. The first-order chi connectivity index (χ1) is 21.4. The van der Waals surface area contributed by atoms with Gasteiger partial charge in [0.25, 0.3) is 0 Å². The Balaban J connectivity index is 1.30. The summed E-state index contributed by atoms with van der Waals surface area (Å²) in [6.07, 6.45) is -3.27. The first-order valence-corrected chi connectivity index (χ1v) is 15.0. The maximum Gasteiger partial charge on any atom is 0.573 e. The number of aryl methyl sites for hydroxylation is 1. The van der Waals surface area contributed by atoms with Gasteiger partial charge in [0.05, 0.1) is 11.4 Å². The highest BCUT2D eigenvalue weighted by atomic mass is 32.1. The molecule has 0 unspecified atom stereocenters. The number of halogens is 3. The number of rotatable bonds is 7. The molecule has 5 aromatic rings. The van der Waals surface area contributed by atoms with Crippen LogP contribution in [-0.4, -0.2) is 31.7 Å². The lowest BCUT2D eigenvalue weighted by Gasteiger charge is -2.15. The Hall–Kier alpha value is -4.97. The van der Waals surface area contributed by atoms with E-state index < -0.39 is 12.4 Å². The van der Waals surface area contributed by atoms with E-state index in [1.165, 1.54) is 52.2 Å². The van der Waals surface area contributed by atoms with Gasteiger partial charge in [0.1, 0.15) is 12.1 Å². The molecule has 8 nitrogen and oxygen atoms in total. The standard InChI is InChI=1S/C33H31F3N6O2S/c1-20(2)28-8-6-7-9-29(28)42-21(3)18-45-32(42)39-31(43)38-23(5)22(4)24-10-12-25(13-11-24)30-37-19-41(40-30)26-14-16-27(17-15-26)44-33(34,35)36/h6-20H,1-5H3,(H,38,43)/b23-22+,39-32?. The van der Waals surface area contributed by atoms with Crippen molar-refractivity contribution in [3.8, 4) is 28.5 Å². The second-order valence-corrected chi connectivity index (χ2v) is 11.5. The highest BCUT2D eigenvalue weighted by Crippen LogP contribution is 2.26. The molecule has 0 spiro atoms. The van der Waals surface area contributed by atoms with E-state index in [0.717, 1.165) is 28.1 Å². The van der Waals surface area contributed by atoms with Gasteiger partial charge in [0, 0.05) is 22.3 Å². The van der Waals surface area contributed by atoms with Crippen LogP contribution in [0.2, 0.25) is 0 Å². The number of carbonyl (C=O) groups is 1. The average molecular weight is 633 g/mol. The second kappa shape index (κ2) is 12.9. The van der Waals surface area contributed by atoms with Crippen LogP contribution in [0.3, 0.4) is 0 Å². The number of hydrogen-bond acceptors (Lipinski definition) is 5. The number of alkyl halides is 3. The van der Waals surface area contributed by atoms with E-state index in [1.54, 1.807) is 0 Å². The van der Waals surface area contributed by atoms with Crippen LogP contribution >= 0.6 is 11.3 Å². The second-order valence-electron chi connectivity index (χ2n) is 10.6. The third kappa shape index (κ3) is 7.40. The van der Waals surface area contributed by atoms with E-state index in [2.05, 4.69) is 45.0 Å². The van der Waals surface area contributed by atoms with Crippen molar-refractivity contribution >= 4 is 22.9 Å². The van der Waals surface area contributed by atoms with Crippen LogP contribution in [-0.2, 0) is 0 Å². The molecule has 0 aliphatic heterocycles. The number of carbonyl (C=O) groups excluding carboxylic acids is 1. The minimum atomic E-state index is -4.76. The quantitative estimate of drug-likeness (QED) is 0.196. The van der Waals surface area contributed by atoms with E-state index in [1.807, 2.05) is 73.2 Å². The summed E-state index contributed by atoms with van der Waals surface area (Å²) in [4.78, 5) is 22.3. The first-order valence-electron chi connectivity index (χ1n) is 14.1. The van der Waals surface area contributed by atoms with Gasteiger partial charge in [-0.1, -0.05) is 56.3 Å². The third-order valence-electron chi connectivity index (χ3n) is 7.14. The number of hydrogen-bond donors (Lipinski definition) is 1. The monoisotopic (exact) mass is 632 g/mol. The maximum atomic E-state index is 13.0. The zero-order chi connectivity index (χ0) is 32.3. The van der Waals surface area contributed by atoms with Gasteiger partial charge in [-0.15, -0.1) is 29.6 Å². The molecule has 0 aliphatic carbocycles. The maximum absolute atomic E-state index is 13.0. The number of amides is 2. The molecule has 2 aromatic heterocycles. The number of nitrogens with zero attached hydrogens (tertiary/aromatic N) is 5. The molecular weight excluding hydrogens is 601 g/mol. The topological polar surface area (TPSA) is 86.3 Å². The number of urea groups is 1. The SMILES string of the molecule is C/C(NC(=O)N=c1scc(C)n1-c1ccccc1C(C)C)=C(/C)c1ccc(-c2ncn(-c3ccc(OC(F)(F)F)cc3)n2)cc1. The molecule has 5 rings (SSSR count). The van der Waals surface area contributed by atoms with Gasteiger partial charge in [-0.05, 0) is 73.7 Å². The molecule has 2 heterocycles. The molecule has 2 amide bonds. The lowest BCUT2D eigenvalue weighted by molar-refractivity contribution is -0.274. The minimum Gasteiger partial charge on any atom is -0.406 e. The van der Waals surface area contributed by atoms with Crippen LogP contribution in [0.15, 0.2) is 95.2 Å². The highest BCUT2D eigenvalue weighted by Gasteiger charge is 2.31. The van der Waals surface area contributed by atoms with Gasteiger partial charge in [0.2, 0.25) is 0 Å². The largest absolute Gasteiger partial charge is 0.573 e. The van der Waals surface area contributed by atoms with Gasteiger partial charge < -0.3 is 10.1 Å². The van der Waals surface area contributed by atoms with Crippen molar-refractivity contribution in [3.05, 3.63) is 112 Å². The number of nitrogens with one attached hydrogen (secondary N) is 1. The first kappa shape index (κ1) is 31.5. The van der Waals surface area contributed by atoms with Crippen LogP contribution in [0.25, 0.3) is 28.3 Å². The Morgan fingerprint density at radius 3 is 2.36 bits per heavy atom. The predicted molar refractivity (Wildman–Crippen MR) is 168 cm³/mol. The van der Waals surface area contributed by atoms with Crippen LogP contribution in [0, 0.1) is 6.92 Å². The van der Waals surface area contributed by atoms with Crippen LogP contribution in [0.5, 0.6) is 5.75 Å². The number of thiazole rings is 1. The van der Waals surface area contributed by atoms with E-state index in [0.29, 0.717) is 27.9 Å². The lowest BCUT2D eigenvalue weighted by Crippen LogP contribution is -2.24. The summed E-state index contributed by atoms with van der Waals surface area (Å²) in [5.74, 6) is 0.438. The summed E-state index contributed by atoms with van der Waals surface area (Å²) in [7, 11) is 0. The molecular formula is C33H31F3N6O2S. The molecule has 0 fully saturated rings. The molecule has 0 bridgehead atoms. The van der Waals surface area contributed by atoms with Crippen molar-refractivity contribution in [2.75, 3.05) is 0 Å². The summed E-state index contributed by atoms with van der Waals surface area (Å²) in [5.41, 5.74) is 6.88. The van der Waals surface area contributed by atoms with E-state index in [-0.39, 0.29) is 5.75 Å². The number of ether oxygens (including phenoxy) is 1. The summed E-state index contributed by atoms with van der Waals surface area (Å²) >= 11 is 1.41. The van der Waals surface area contributed by atoms with Crippen LogP contribution in [0.1, 0.15) is 50.4 Å². The van der Waals surface area contributed by atoms with Crippen molar-refractivity contribution in [1.29, 1.82) is 0 Å². The minimum absolute atomic E-state index is 0.308. The molecule has 1 N–H and O–H groups in total. The lowest BCUT2D eigenvalue weighted by atomic mass is 10.0. The van der Waals surface area contributed by atoms with Gasteiger partial charge >= 0.3 is 12.4 Å². The van der Waals surface area contributed by atoms with Crippen LogP contribution < -0.4 is 14.9 Å². The third-order valence-corrected chi connectivity index (χ3v) is 8.08. The predicted octanol–water partition coefficient (Wildman–Crippen LogP) is 8.18. The summed E-state index contributed by atoms with van der Waals surface area (Å²) in [6, 6.07) is 20.6. The van der Waals surface area contributed by atoms with Crippen molar-refractivity contribution in [3.63, 3.8) is 0 Å². The van der Waals surface area contributed by atoms with Gasteiger partial charge in [-0.2, -0.15) is 4.99 Å². The Morgan fingerprint density at radius 1 is 1.00 bits per heavy atom. The number of allylic oxidation sites excluding steroid dienone is 2. The van der Waals surface area contributed by atoms with Crippen LogP contribution in [0.4, 0.5) is 18.0 Å². The molecule has 3 aromatic carbocycles. The average Bonchev–Trinajstić information content (AvgIpc) is 3.63. The van der Waals surface area contributed by atoms with E-state index in [9.17, 15) is 18.0 Å². The fraction of sp³-hybridized carbons (Fsp3) is 0.212. The van der Waals surface area contributed by atoms with Gasteiger partial charge in [0.15, 0.2) is 10.6 Å². The smallest absolute Gasteiger partial charge is 0.406 e. The molecule has 0 saturated carbocycles. The Bertz CT molecular complexity index is 1920. The van der Waals surface area contributed by atoms with Crippen molar-refractivity contribution < 1.29 is 22.7 Å². The van der Waals surface area contributed by atoms with Gasteiger partial charge in [-0.3, -0.25) is 4.57 Å². The zero-order valence-electron chi connectivity index (χ0n) is 25.3.